The molecule has 1 aliphatic heterocycles. The molecule has 2 aromatic rings. The molecule has 7 nitrogen and oxygen atoms in total. The van der Waals surface area contributed by atoms with E-state index in [-0.39, 0.29) is 30.0 Å². The number of para-hydroxylation sites is 1. The van der Waals surface area contributed by atoms with Crippen molar-refractivity contribution >= 4 is 27.6 Å². The number of anilines is 1. The molecule has 0 bridgehead atoms. The van der Waals surface area contributed by atoms with Gasteiger partial charge in [0.25, 0.3) is 5.91 Å². The van der Waals surface area contributed by atoms with Gasteiger partial charge in [0.05, 0.1) is 10.8 Å². The van der Waals surface area contributed by atoms with Crippen LogP contribution in [0.25, 0.3) is 0 Å². The highest BCUT2D eigenvalue weighted by Crippen LogP contribution is 2.29. The van der Waals surface area contributed by atoms with E-state index in [0.717, 1.165) is 16.7 Å². The number of rotatable bonds is 6. The van der Waals surface area contributed by atoms with Gasteiger partial charge in [-0.25, -0.2) is 8.42 Å². The first-order valence-electron chi connectivity index (χ1n) is 11.5. The van der Waals surface area contributed by atoms with Gasteiger partial charge in [-0.15, -0.1) is 0 Å². The van der Waals surface area contributed by atoms with Crippen molar-refractivity contribution in [3.05, 3.63) is 59.2 Å². The highest BCUT2D eigenvalue weighted by Gasteiger charge is 2.33. The molecule has 3 rings (SSSR count). The van der Waals surface area contributed by atoms with Crippen molar-refractivity contribution in [2.24, 2.45) is 5.92 Å². The molecule has 1 amide bonds. The van der Waals surface area contributed by atoms with Crippen LogP contribution in [0, 0.1) is 19.8 Å². The first-order chi connectivity index (χ1) is 15.9. The highest BCUT2D eigenvalue weighted by atomic mass is 32.2. The summed E-state index contributed by atoms with van der Waals surface area (Å²) in [7, 11) is -3.61. The summed E-state index contributed by atoms with van der Waals surface area (Å²) in [4.78, 5) is 25.2. The second-order valence-corrected chi connectivity index (χ2v) is 11.8. The zero-order chi connectivity index (χ0) is 25.1. The Kier molecular flexibility index (Phi) is 7.83. The number of benzene rings is 2. The predicted octanol–water partition coefficient (Wildman–Crippen LogP) is 4.18. The molecule has 8 heteroatoms. The monoisotopic (exact) mass is 486 g/mol. The zero-order valence-electron chi connectivity index (χ0n) is 20.6. The maximum atomic E-state index is 13.0. The molecule has 0 saturated carbocycles. The van der Waals surface area contributed by atoms with Crippen LogP contribution < -0.4 is 5.32 Å². The lowest BCUT2D eigenvalue weighted by Crippen LogP contribution is -2.41. The Morgan fingerprint density at radius 3 is 2.29 bits per heavy atom. The summed E-state index contributed by atoms with van der Waals surface area (Å²) in [6.07, 6.45) is 0.717. The van der Waals surface area contributed by atoms with Crippen molar-refractivity contribution in [1.29, 1.82) is 0 Å². The van der Waals surface area contributed by atoms with Crippen LogP contribution in [-0.4, -0.2) is 44.3 Å². The molecular formula is C26H34N2O5S. The Morgan fingerprint density at radius 2 is 1.68 bits per heavy atom. The Hall–Kier alpha value is -2.71. The highest BCUT2D eigenvalue weighted by molar-refractivity contribution is 7.89. The van der Waals surface area contributed by atoms with Crippen LogP contribution in [-0.2, 0) is 29.8 Å². The van der Waals surface area contributed by atoms with Crippen LogP contribution in [0.2, 0.25) is 0 Å². The first-order valence-corrected chi connectivity index (χ1v) is 13.0. The summed E-state index contributed by atoms with van der Waals surface area (Å²) >= 11 is 0. The van der Waals surface area contributed by atoms with Gasteiger partial charge in [-0.1, -0.05) is 45.0 Å². The number of amides is 1. The van der Waals surface area contributed by atoms with Gasteiger partial charge in [0.1, 0.15) is 0 Å². The molecule has 0 unspecified atom stereocenters. The minimum atomic E-state index is -3.61. The first kappa shape index (κ1) is 25.9. The van der Waals surface area contributed by atoms with Crippen LogP contribution in [0.1, 0.15) is 50.3 Å². The fourth-order valence-electron chi connectivity index (χ4n) is 4.04. The Balaban J connectivity index is 1.52. The maximum Gasteiger partial charge on any atom is 0.309 e. The standard InChI is InChI=1S/C26H34N2O5S/c1-18-10-11-21(16-19(18)2)34(31,32)28-14-12-20(13-15-28)25(30)33-17-24(29)27-23-9-7-6-8-22(23)26(3,4)5/h6-11,16,20H,12-15,17H2,1-5H3,(H,27,29). The number of carbonyl (C=O) groups is 2. The van der Waals surface area contributed by atoms with Crippen LogP contribution in [0.4, 0.5) is 5.69 Å². The number of esters is 1. The van der Waals surface area contributed by atoms with Crippen molar-refractivity contribution < 1.29 is 22.7 Å². The van der Waals surface area contributed by atoms with Crippen LogP contribution >= 0.6 is 0 Å². The van der Waals surface area contributed by atoms with Gasteiger partial charge in [0, 0.05) is 18.8 Å². The quantitative estimate of drug-likeness (QED) is 0.618. The summed E-state index contributed by atoms with van der Waals surface area (Å²) in [6.45, 7) is 10.1. The second kappa shape index (κ2) is 10.3. The van der Waals surface area contributed by atoms with Gasteiger partial charge in [-0.05, 0) is 67.0 Å². The molecule has 0 aromatic heterocycles. The lowest BCUT2D eigenvalue weighted by molar-refractivity contribution is -0.152. The van der Waals surface area contributed by atoms with E-state index in [4.69, 9.17) is 4.74 Å². The molecule has 1 fully saturated rings. The topological polar surface area (TPSA) is 92.8 Å². The molecule has 0 aliphatic carbocycles. The number of piperidine rings is 1. The number of carbonyl (C=O) groups excluding carboxylic acids is 2. The second-order valence-electron chi connectivity index (χ2n) is 9.88. The molecule has 1 aliphatic rings. The maximum absolute atomic E-state index is 13.0. The van der Waals surface area contributed by atoms with Crippen molar-refractivity contribution in [2.45, 2.75) is 57.8 Å². The van der Waals surface area contributed by atoms with E-state index in [1.165, 1.54) is 4.31 Å². The summed E-state index contributed by atoms with van der Waals surface area (Å²) in [5.74, 6) is -1.30. The normalized spacial score (nSPS) is 15.7. The minimum Gasteiger partial charge on any atom is -0.455 e. The molecule has 1 saturated heterocycles. The van der Waals surface area contributed by atoms with Gasteiger partial charge in [0.15, 0.2) is 6.61 Å². The Bertz CT molecular complexity index is 1160. The summed E-state index contributed by atoms with van der Waals surface area (Å²) < 4.78 is 32.6. The summed E-state index contributed by atoms with van der Waals surface area (Å²) in [6, 6.07) is 12.7. The largest absolute Gasteiger partial charge is 0.455 e. The fraction of sp³-hybridized carbons (Fsp3) is 0.462. The number of hydrogen-bond donors (Lipinski definition) is 1. The molecule has 1 N–H and O–H groups in total. The van der Waals surface area contributed by atoms with Gasteiger partial charge in [-0.2, -0.15) is 4.31 Å². The van der Waals surface area contributed by atoms with Crippen LogP contribution in [0.5, 0.6) is 0 Å². The van der Waals surface area contributed by atoms with Crippen LogP contribution in [0.15, 0.2) is 47.4 Å². The fourth-order valence-corrected chi connectivity index (χ4v) is 5.60. The van der Waals surface area contributed by atoms with Crippen LogP contribution in [0.3, 0.4) is 0 Å². The SMILES string of the molecule is Cc1ccc(S(=O)(=O)N2CCC(C(=O)OCC(=O)Nc3ccccc3C(C)(C)C)CC2)cc1C. The number of nitrogens with zero attached hydrogens (tertiary/aromatic N) is 1. The molecule has 2 aromatic carbocycles. The molecule has 1 heterocycles. The number of sulfonamides is 1. The van der Waals surface area contributed by atoms with Crippen molar-refractivity contribution in [3.63, 3.8) is 0 Å². The van der Waals surface area contributed by atoms with Gasteiger partial charge in [0.2, 0.25) is 10.0 Å². The number of hydrogen-bond acceptors (Lipinski definition) is 5. The molecule has 0 spiro atoms. The van der Waals surface area contributed by atoms with E-state index >= 15 is 0 Å². The Morgan fingerprint density at radius 1 is 1.03 bits per heavy atom. The average Bonchev–Trinajstić information content (AvgIpc) is 2.79. The number of ether oxygens (including phenoxy) is 1. The van der Waals surface area contributed by atoms with E-state index in [2.05, 4.69) is 26.1 Å². The summed E-state index contributed by atoms with van der Waals surface area (Å²) in [5.41, 5.74) is 3.49. The van der Waals surface area contributed by atoms with E-state index in [0.29, 0.717) is 18.5 Å². The molecule has 34 heavy (non-hydrogen) atoms. The molecule has 184 valence electrons. The molecular weight excluding hydrogens is 452 g/mol. The van der Waals surface area contributed by atoms with E-state index in [9.17, 15) is 18.0 Å². The van der Waals surface area contributed by atoms with E-state index in [1.807, 2.05) is 38.1 Å². The summed E-state index contributed by atoms with van der Waals surface area (Å²) in [5, 5.41) is 2.83. The van der Waals surface area contributed by atoms with Gasteiger partial charge < -0.3 is 10.1 Å². The molecule has 0 radical (unpaired) electrons. The van der Waals surface area contributed by atoms with E-state index < -0.39 is 27.8 Å². The third-order valence-electron chi connectivity index (χ3n) is 6.26. The number of aryl methyl sites for hydroxylation is 2. The third kappa shape index (κ3) is 6.04. The smallest absolute Gasteiger partial charge is 0.309 e. The Labute approximate surface area is 202 Å². The zero-order valence-corrected chi connectivity index (χ0v) is 21.4. The van der Waals surface area contributed by atoms with E-state index in [1.54, 1.807) is 18.2 Å². The van der Waals surface area contributed by atoms with Crippen molar-refractivity contribution in [3.8, 4) is 0 Å². The third-order valence-corrected chi connectivity index (χ3v) is 8.15. The van der Waals surface area contributed by atoms with Crippen molar-refractivity contribution in [1.82, 2.24) is 4.31 Å². The van der Waals surface area contributed by atoms with Gasteiger partial charge >= 0.3 is 5.97 Å². The predicted molar refractivity (Wildman–Crippen MR) is 132 cm³/mol. The average molecular weight is 487 g/mol. The lowest BCUT2D eigenvalue weighted by atomic mass is 9.86. The number of nitrogens with one attached hydrogen (secondary N) is 1. The van der Waals surface area contributed by atoms with Gasteiger partial charge in [-0.3, -0.25) is 9.59 Å². The minimum absolute atomic E-state index is 0.147. The lowest BCUT2D eigenvalue weighted by Gasteiger charge is -2.30. The van der Waals surface area contributed by atoms with Crippen molar-refractivity contribution in [2.75, 3.05) is 25.0 Å². The molecule has 0 atom stereocenters.